The molecule has 1 saturated carbocycles. The maximum atomic E-state index is 5.51. The number of rotatable bonds is 3. The normalized spacial score (nSPS) is 32.2. The maximum Gasteiger partial charge on any atom is 0.00642 e. The fourth-order valence-corrected chi connectivity index (χ4v) is 1.98. The zero-order chi connectivity index (χ0) is 8.10. The van der Waals surface area contributed by atoms with Gasteiger partial charge in [0, 0.05) is 6.04 Å². The Kier molecular flexibility index (Phi) is 3.87. The predicted octanol–water partition coefficient (Wildman–Crippen LogP) is 1.11. The van der Waals surface area contributed by atoms with Gasteiger partial charge in [-0.1, -0.05) is 0 Å². The van der Waals surface area contributed by atoms with Gasteiger partial charge in [-0.15, -0.1) is 0 Å². The van der Waals surface area contributed by atoms with E-state index in [0.717, 1.165) is 18.5 Å². The van der Waals surface area contributed by atoms with Crippen LogP contribution < -0.4 is 11.1 Å². The molecular weight excluding hydrogens is 136 g/mol. The summed E-state index contributed by atoms with van der Waals surface area (Å²) in [7, 11) is 2.06. The maximum absolute atomic E-state index is 5.51. The molecule has 0 heterocycles. The zero-order valence-corrected chi connectivity index (χ0v) is 7.47. The summed E-state index contributed by atoms with van der Waals surface area (Å²) in [4.78, 5) is 0. The summed E-state index contributed by atoms with van der Waals surface area (Å²) < 4.78 is 0. The van der Waals surface area contributed by atoms with E-state index in [4.69, 9.17) is 5.73 Å². The van der Waals surface area contributed by atoms with Crippen LogP contribution in [0.15, 0.2) is 0 Å². The van der Waals surface area contributed by atoms with Gasteiger partial charge in [-0.05, 0) is 51.6 Å². The van der Waals surface area contributed by atoms with Crippen molar-refractivity contribution in [2.45, 2.75) is 38.1 Å². The third-order valence-corrected chi connectivity index (χ3v) is 2.83. The molecule has 3 N–H and O–H groups in total. The van der Waals surface area contributed by atoms with E-state index in [1.165, 1.54) is 32.1 Å². The molecule has 1 rings (SSSR count). The molecule has 0 aromatic rings. The second-order valence-electron chi connectivity index (χ2n) is 3.58. The Morgan fingerprint density at radius 2 is 1.91 bits per heavy atom. The van der Waals surface area contributed by atoms with Gasteiger partial charge in [0.15, 0.2) is 0 Å². The molecule has 0 radical (unpaired) electrons. The minimum atomic E-state index is 0.782. The fraction of sp³-hybridized carbons (Fsp3) is 1.00. The average molecular weight is 156 g/mol. The molecule has 2 heteroatoms. The number of nitrogens with two attached hydrogens (primary N) is 1. The van der Waals surface area contributed by atoms with Crippen LogP contribution in [0.5, 0.6) is 0 Å². The second-order valence-corrected chi connectivity index (χ2v) is 3.58. The monoisotopic (exact) mass is 156 g/mol. The molecule has 0 bridgehead atoms. The van der Waals surface area contributed by atoms with Gasteiger partial charge >= 0.3 is 0 Å². The van der Waals surface area contributed by atoms with Crippen LogP contribution in [0.25, 0.3) is 0 Å². The molecule has 0 atom stereocenters. The van der Waals surface area contributed by atoms with Crippen LogP contribution in [0.1, 0.15) is 32.1 Å². The van der Waals surface area contributed by atoms with E-state index in [2.05, 4.69) is 12.4 Å². The first-order valence-corrected chi connectivity index (χ1v) is 4.74. The third kappa shape index (κ3) is 2.80. The van der Waals surface area contributed by atoms with E-state index < -0.39 is 0 Å². The summed E-state index contributed by atoms with van der Waals surface area (Å²) in [5.74, 6) is 0.921. The highest BCUT2D eigenvalue weighted by atomic mass is 14.9. The summed E-state index contributed by atoms with van der Waals surface area (Å²) in [6.45, 7) is 0.870. The van der Waals surface area contributed by atoms with Crippen molar-refractivity contribution >= 4 is 0 Å². The van der Waals surface area contributed by atoms with Crippen LogP contribution in [-0.4, -0.2) is 19.6 Å². The standard InChI is InChI=1S/C9H20N2/c1-11-9-4-2-8(3-5-9)6-7-10/h8-9,11H,2-7,10H2,1H3/t8-,9+. The van der Waals surface area contributed by atoms with Crippen molar-refractivity contribution in [2.24, 2.45) is 11.7 Å². The van der Waals surface area contributed by atoms with E-state index >= 15 is 0 Å². The topological polar surface area (TPSA) is 38.0 Å². The summed E-state index contributed by atoms with van der Waals surface area (Å²) >= 11 is 0. The van der Waals surface area contributed by atoms with Crippen molar-refractivity contribution in [3.8, 4) is 0 Å². The Balaban J connectivity index is 2.14. The van der Waals surface area contributed by atoms with Gasteiger partial charge in [0.25, 0.3) is 0 Å². The molecule has 1 aliphatic carbocycles. The minimum absolute atomic E-state index is 0.782. The first-order valence-electron chi connectivity index (χ1n) is 4.74. The Labute approximate surface area is 69.5 Å². The van der Waals surface area contributed by atoms with E-state index in [0.29, 0.717) is 0 Å². The number of nitrogens with one attached hydrogen (secondary N) is 1. The van der Waals surface area contributed by atoms with Crippen LogP contribution in [0.4, 0.5) is 0 Å². The molecule has 66 valence electrons. The van der Waals surface area contributed by atoms with Crippen LogP contribution in [0.2, 0.25) is 0 Å². The summed E-state index contributed by atoms with van der Waals surface area (Å²) in [5.41, 5.74) is 5.51. The van der Waals surface area contributed by atoms with Crippen LogP contribution in [0.3, 0.4) is 0 Å². The Hall–Kier alpha value is -0.0800. The highest BCUT2D eigenvalue weighted by Crippen LogP contribution is 2.25. The summed E-state index contributed by atoms with van der Waals surface area (Å²) in [6, 6.07) is 0.782. The average Bonchev–Trinajstić information content (AvgIpc) is 2.07. The van der Waals surface area contributed by atoms with Crippen molar-refractivity contribution in [1.29, 1.82) is 0 Å². The molecular formula is C9H20N2. The smallest absolute Gasteiger partial charge is 0.00642 e. The van der Waals surface area contributed by atoms with Gasteiger partial charge in [-0.3, -0.25) is 0 Å². The SMILES string of the molecule is CN[C@H]1CC[C@@H](CCN)CC1. The Bertz CT molecular complexity index is 95.7. The fourth-order valence-electron chi connectivity index (χ4n) is 1.98. The third-order valence-electron chi connectivity index (χ3n) is 2.83. The van der Waals surface area contributed by atoms with Gasteiger partial charge in [0.2, 0.25) is 0 Å². The van der Waals surface area contributed by atoms with E-state index in [-0.39, 0.29) is 0 Å². The second kappa shape index (κ2) is 4.73. The van der Waals surface area contributed by atoms with Crippen molar-refractivity contribution < 1.29 is 0 Å². The quantitative estimate of drug-likeness (QED) is 0.642. The predicted molar refractivity (Wildman–Crippen MR) is 48.5 cm³/mol. The highest BCUT2D eigenvalue weighted by molar-refractivity contribution is 4.75. The Morgan fingerprint density at radius 3 is 2.36 bits per heavy atom. The Morgan fingerprint density at radius 1 is 1.27 bits per heavy atom. The first kappa shape index (κ1) is 9.01. The molecule has 11 heavy (non-hydrogen) atoms. The van der Waals surface area contributed by atoms with Crippen LogP contribution in [0, 0.1) is 5.92 Å². The van der Waals surface area contributed by atoms with E-state index in [1.807, 2.05) is 0 Å². The number of hydrogen-bond acceptors (Lipinski definition) is 2. The lowest BCUT2D eigenvalue weighted by Gasteiger charge is -2.27. The van der Waals surface area contributed by atoms with E-state index in [9.17, 15) is 0 Å². The van der Waals surface area contributed by atoms with Crippen molar-refractivity contribution in [1.82, 2.24) is 5.32 Å². The van der Waals surface area contributed by atoms with Crippen LogP contribution in [-0.2, 0) is 0 Å². The van der Waals surface area contributed by atoms with E-state index in [1.54, 1.807) is 0 Å². The van der Waals surface area contributed by atoms with Gasteiger partial charge in [0.05, 0.1) is 0 Å². The van der Waals surface area contributed by atoms with Gasteiger partial charge in [0.1, 0.15) is 0 Å². The molecule has 1 fully saturated rings. The van der Waals surface area contributed by atoms with Gasteiger partial charge in [-0.25, -0.2) is 0 Å². The lowest BCUT2D eigenvalue weighted by atomic mass is 9.84. The largest absolute Gasteiger partial charge is 0.330 e. The first-order chi connectivity index (χ1) is 5.36. The minimum Gasteiger partial charge on any atom is -0.330 e. The van der Waals surface area contributed by atoms with Crippen molar-refractivity contribution in [3.63, 3.8) is 0 Å². The molecule has 0 spiro atoms. The van der Waals surface area contributed by atoms with Crippen molar-refractivity contribution in [3.05, 3.63) is 0 Å². The van der Waals surface area contributed by atoms with Crippen LogP contribution >= 0.6 is 0 Å². The molecule has 0 amide bonds. The molecule has 2 nitrogen and oxygen atoms in total. The lowest BCUT2D eigenvalue weighted by Crippen LogP contribution is -2.30. The molecule has 0 aromatic carbocycles. The molecule has 1 aliphatic rings. The van der Waals surface area contributed by atoms with Crippen molar-refractivity contribution in [2.75, 3.05) is 13.6 Å². The lowest BCUT2D eigenvalue weighted by molar-refractivity contribution is 0.291. The van der Waals surface area contributed by atoms with Gasteiger partial charge in [-0.2, -0.15) is 0 Å². The summed E-state index contributed by atoms with van der Waals surface area (Å²) in [5, 5.41) is 3.34. The number of hydrogen-bond donors (Lipinski definition) is 2. The molecule has 0 aliphatic heterocycles. The molecule has 0 aromatic heterocycles. The van der Waals surface area contributed by atoms with Gasteiger partial charge < -0.3 is 11.1 Å². The molecule has 0 saturated heterocycles. The zero-order valence-electron chi connectivity index (χ0n) is 7.47. The summed E-state index contributed by atoms with van der Waals surface area (Å²) in [6.07, 6.45) is 6.68. The molecule has 0 unspecified atom stereocenters. The highest BCUT2D eigenvalue weighted by Gasteiger charge is 2.18.